The molecule has 2 aromatic rings. The molecule has 0 aromatic heterocycles. The Morgan fingerprint density at radius 3 is 2.69 bits per heavy atom. The summed E-state index contributed by atoms with van der Waals surface area (Å²) in [5, 5.41) is 11.0. The summed E-state index contributed by atoms with van der Waals surface area (Å²) in [6, 6.07) is 10.4. The van der Waals surface area contributed by atoms with Crippen molar-refractivity contribution in [2.45, 2.75) is 56.3 Å². The summed E-state index contributed by atoms with van der Waals surface area (Å²) < 4.78 is 39.8. The van der Waals surface area contributed by atoms with Crippen LogP contribution in [0.15, 0.2) is 47.4 Å². The van der Waals surface area contributed by atoms with Gasteiger partial charge in [-0.25, -0.2) is 12.8 Å². The zero-order chi connectivity index (χ0) is 21.0. The minimum atomic E-state index is -3.46. The Bertz CT molecular complexity index is 990. The van der Waals surface area contributed by atoms with Crippen molar-refractivity contribution < 1.29 is 17.7 Å². The van der Waals surface area contributed by atoms with Crippen LogP contribution in [0.1, 0.15) is 56.1 Å². The van der Waals surface area contributed by atoms with Gasteiger partial charge in [0.1, 0.15) is 5.82 Å². The lowest BCUT2D eigenvalue weighted by Crippen LogP contribution is -2.15. The molecular weight excluding hydrogens is 393 g/mol. The van der Waals surface area contributed by atoms with E-state index in [1.807, 2.05) is 6.07 Å². The van der Waals surface area contributed by atoms with Crippen LogP contribution in [0.3, 0.4) is 0 Å². The summed E-state index contributed by atoms with van der Waals surface area (Å²) >= 11 is 0. The number of fused-ring (bicyclic) bond motifs is 1. The third-order valence-electron chi connectivity index (χ3n) is 5.69. The highest BCUT2D eigenvalue weighted by Gasteiger charge is 2.33. The maximum atomic E-state index is 14.0. The predicted molar refractivity (Wildman–Crippen MR) is 110 cm³/mol. The van der Waals surface area contributed by atoms with Crippen molar-refractivity contribution in [2.75, 3.05) is 5.75 Å². The molecule has 1 aliphatic rings. The van der Waals surface area contributed by atoms with Gasteiger partial charge in [-0.3, -0.25) is 10.1 Å². The Hall–Kier alpha value is -2.28. The Kier molecular flexibility index (Phi) is 6.67. The molecule has 0 saturated carbocycles. The minimum Gasteiger partial charge on any atom is -0.258 e. The summed E-state index contributed by atoms with van der Waals surface area (Å²) in [5.74, 6) is -0.408. The molecule has 0 spiro atoms. The average Bonchev–Trinajstić information content (AvgIpc) is 2.78. The first-order valence-corrected chi connectivity index (χ1v) is 11.7. The summed E-state index contributed by atoms with van der Waals surface area (Å²) in [7, 11) is -3.46. The number of rotatable bonds is 7. The molecule has 7 heteroatoms. The third-order valence-corrected chi connectivity index (χ3v) is 7.64. The molecule has 3 rings (SSSR count). The van der Waals surface area contributed by atoms with Gasteiger partial charge in [-0.05, 0) is 66.8 Å². The van der Waals surface area contributed by atoms with Crippen LogP contribution < -0.4 is 0 Å². The third kappa shape index (κ3) is 5.21. The Balaban J connectivity index is 1.90. The number of nitrogens with zero attached hydrogens (tertiary/aromatic N) is 1. The molecule has 1 heterocycles. The van der Waals surface area contributed by atoms with Crippen molar-refractivity contribution in [1.29, 1.82) is 0 Å². The molecule has 2 atom stereocenters. The van der Waals surface area contributed by atoms with Crippen molar-refractivity contribution >= 4 is 15.5 Å². The lowest BCUT2D eigenvalue weighted by Gasteiger charge is -2.21. The zero-order valence-corrected chi connectivity index (χ0v) is 17.3. The molecule has 5 nitrogen and oxygen atoms in total. The van der Waals surface area contributed by atoms with E-state index in [0.29, 0.717) is 24.8 Å². The number of hydrogen-bond acceptors (Lipinski definition) is 4. The number of unbranched alkanes of at least 4 members (excludes halogenated alkanes) is 1. The fourth-order valence-electron chi connectivity index (χ4n) is 4.25. The number of hydrogen-bond donors (Lipinski definition) is 0. The first-order valence-electron chi connectivity index (χ1n) is 10.1. The number of sulfone groups is 1. The summed E-state index contributed by atoms with van der Waals surface area (Å²) in [6.45, 7) is 2.08. The van der Waals surface area contributed by atoms with Gasteiger partial charge in [0.25, 0.3) is 5.69 Å². The predicted octanol–water partition coefficient (Wildman–Crippen LogP) is 5.43. The van der Waals surface area contributed by atoms with E-state index in [9.17, 15) is 22.9 Å². The van der Waals surface area contributed by atoms with Crippen molar-refractivity contribution in [3.8, 4) is 0 Å². The molecule has 0 fully saturated rings. The molecule has 1 aliphatic heterocycles. The Morgan fingerprint density at radius 1 is 1.17 bits per heavy atom. The number of nitro benzene ring substituents is 1. The molecule has 0 bridgehead atoms. The highest BCUT2D eigenvalue weighted by Crippen LogP contribution is 2.39. The van der Waals surface area contributed by atoms with Gasteiger partial charge < -0.3 is 0 Å². The fraction of sp³-hybridized carbons (Fsp3) is 0.455. The second-order valence-corrected chi connectivity index (χ2v) is 9.87. The summed E-state index contributed by atoms with van der Waals surface area (Å²) in [4.78, 5) is 10.8. The maximum Gasteiger partial charge on any atom is 0.269 e. The minimum absolute atomic E-state index is 0.0329. The largest absolute Gasteiger partial charge is 0.269 e. The van der Waals surface area contributed by atoms with Gasteiger partial charge in [-0.15, -0.1) is 0 Å². The molecule has 0 amide bonds. The van der Waals surface area contributed by atoms with E-state index in [4.69, 9.17) is 0 Å². The van der Waals surface area contributed by atoms with E-state index in [-0.39, 0.29) is 28.2 Å². The molecule has 2 aromatic carbocycles. The maximum absolute atomic E-state index is 14.0. The molecule has 156 valence electrons. The lowest BCUT2D eigenvalue weighted by atomic mass is 9.83. The smallest absolute Gasteiger partial charge is 0.258 e. The second-order valence-electron chi connectivity index (χ2n) is 7.87. The van der Waals surface area contributed by atoms with Crippen molar-refractivity contribution in [2.24, 2.45) is 5.92 Å². The number of nitro groups is 1. The van der Waals surface area contributed by atoms with Gasteiger partial charge in [0.2, 0.25) is 0 Å². The van der Waals surface area contributed by atoms with Gasteiger partial charge in [0.15, 0.2) is 9.84 Å². The lowest BCUT2D eigenvalue weighted by molar-refractivity contribution is -0.384. The molecule has 0 radical (unpaired) electrons. The highest BCUT2D eigenvalue weighted by molar-refractivity contribution is 7.91. The van der Waals surface area contributed by atoms with Gasteiger partial charge in [0.05, 0.1) is 15.6 Å². The molecular formula is C22H26FNO4S. The van der Waals surface area contributed by atoms with E-state index in [2.05, 4.69) is 6.92 Å². The van der Waals surface area contributed by atoms with Crippen LogP contribution in [0.4, 0.5) is 10.1 Å². The fourth-order valence-corrected chi connectivity index (χ4v) is 6.22. The van der Waals surface area contributed by atoms with Crippen LogP contribution in [-0.4, -0.2) is 19.1 Å². The number of aryl methyl sites for hydroxylation is 1. The summed E-state index contributed by atoms with van der Waals surface area (Å²) in [6.07, 6.45) is 4.67. The standard InChI is InChI=1S/C22H26FNO4S/c1-2-3-5-17-12-18(9-8-16-6-4-7-20(13-16)24(25)26)21-14-19(23)10-11-22(21)29(27,28)15-17/h4,6-7,10-11,13-14,17-18H,2-3,5,8-9,12,15H2,1H3. The van der Waals surface area contributed by atoms with Crippen LogP contribution >= 0.6 is 0 Å². The van der Waals surface area contributed by atoms with Gasteiger partial charge in [-0.2, -0.15) is 0 Å². The monoisotopic (exact) mass is 419 g/mol. The van der Waals surface area contributed by atoms with Crippen LogP contribution in [0.2, 0.25) is 0 Å². The number of benzene rings is 2. The van der Waals surface area contributed by atoms with Crippen molar-refractivity contribution in [3.05, 3.63) is 69.5 Å². The van der Waals surface area contributed by atoms with E-state index < -0.39 is 20.6 Å². The quantitative estimate of drug-likeness (QED) is 0.340. The van der Waals surface area contributed by atoms with Crippen molar-refractivity contribution in [1.82, 2.24) is 0 Å². The number of non-ortho nitro benzene ring substituents is 1. The SMILES string of the molecule is CCCCC1CC(CCc2cccc([N+](=O)[O-])c2)c2cc(F)ccc2S(=O)(=O)C1. The Labute approximate surface area is 171 Å². The Morgan fingerprint density at radius 2 is 1.97 bits per heavy atom. The van der Waals surface area contributed by atoms with E-state index in [1.165, 1.54) is 24.3 Å². The second kappa shape index (κ2) is 9.03. The van der Waals surface area contributed by atoms with E-state index in [1.54, 1.807) is 12.1 Å². The first kappa shape index (κ1) is 21.4. The van der Waals surface area contributed by atoms with Crippen LogP contribution in [0.5, 0.6) is 0 Å². The molecule has 0 N–H and O–H groups in total. The van der Waals surface area contributed by atoms with E-state index >= 15 is 0 Å². The first-order chi connectivity index (χ1) is 13.8. The molecule has 0 aliphatic carbocycles. The molecule has 29 heavy (non-hydrogen) atoms. The van der Waals surface area contributed by atoms with Gasteiger partial charge in [0, 0.05) is 12.1 Å². The van der Waals surface area contributed by atoms with E-state index in [0.717, 1.165) is 24.8 Å². The highest BCUT2D eigenvalue weighted by atomic mass is 32.2. The van der Waals surface area contributed by atoms with Crippen molar-refractivity contribution in [3.63, 3.8) is 0 Å². The van der Waals surface area contributed by atoms with Crippen LogP contribution in [-0.2, 0) is 16.3 Å². The zero-order valence-electron chi connectivity index (χ0n) is 16.5. The molecule has 2 unspecified atom stereocenters. The van der Waals surface area contributed by atoms with Gasteiger partial charge in [-0.1, -0.05) is 31.9 Å². The molecule has 0 saturated heterocycles. The normalized spacial score (nSPS) is 20.6. The van der Waals surface area contributed by atoms with Crippen LogP contribution in [0.25, 0.3) is 0 Å². The topological polar surface area (TPSA) is 77.3 Å². The average molecular weight is 420 g/mol. The van der Waals surface area contributed by atoms with Gasteiger partial charge >= 0.3 is 0 Å². The van der Waals surface area contributed by atoms with Crippen LogP contribution in [0, 0.1) is 21.8 Å². The summed E-state index contributed by atoms with van der Waals surface area (Å²) in [5.41, 5.74) is 1.42. The number of halogens is 1.